The summed E-state index contributed by atoms with van der Waals surface area (Å²) < 4.78 is 7.01. The fourth-order valence-electron chi connectivity index (χ4n) is 2.48. The van der Waals surface area contributed by atoms with Gasteiger partial charge in [-0.15, -0.1) is 0 Å². The van der Waals surface area contributed by atoms with Crippen LogP contribution in [-0.4, -0.2) is 41.9 Å². The highest BCUT2D eigenvalue weighted by Gasteiger charge is 2.13. The lowest BCUT2D eigenvalue weighted by molar-refractivity contribution is 0.102. The highest BCUT2D eigenvalue weighted by molar-refractivity contribution is 6.02. The summed E-state index contributed by atoms with van der Waals surface area (Å²) in [6.45, 7) is 1.99. The van der Waals surface area contributed by atoms with Gasteiger partial charge in [-0.1, -0.05) is 6.07 Å². The van der Waals surface area contributed by atoms with Crippen LogP contribution in [0.25, 0.3) is 5.69 Å². The number of nitrogens with zero attached hydrogens (tertiary/aromatic N) is 4. The van der Waals surface area contributed by atoms with E-state index in [1.54, 1.807) is 36.3 Å². The van der Waals surface area contributed by atoms with Crippen molar-refractivity contribution in [3.8, 4) is 11.4 Å². The summed E-state index contributed by atoms with van der Waals surface area (Å²) >= 11 is 0. The summed E-state index contributed by atoms with van der Waals surface area (Å²) in [6, 6.07) is 11.1. The van der Waals surface area contributed by atoms with Crippen molar-refractivity contribution in [2.24, 2.45) is 0 Å². The molecule has 2 heterocycles. The molecule has 2 aromatic heterocycles. The first-order valence-corrected chi connectivity index (χ1v) is 8.13. The van der Waals surface area contributed by atoms with Gasteiger partial charge >= 0.3 is 0 Å². The number of hydrogen-bond acceptors (Lipinski definition) is 5. The second-order valence-corrected chi connectivity index (χ2v) is 6.07. The molecule has 1 aromatic carbocycles. The molecule has 7 nitrogen and oxygen atoms in total. The summed E-state index contributed by atoms with van der Waals surface area (Å²) in [4.78, 5) is 18.6. The lowest BCUT2D eigenvalue weighted by atomic mass is 10.2. The Morgan fingerprint density at radius 3 is 2.65 bits per heavy atom. The van der Waals surface area contributed by atoms with Crippen LogP contribution in [0.3, 0.4) is 0 Å². The first-order chi connectivity index (χ1) is 12.5. The molecule has 0 aliphatic heterocycles. The van der Waals surface area contributed by atoms with E-state index in [2.05, 4.69) is 15.4 Å². The SMILES string of the molecule is COc1ccc(C)cc1-n1ccc(C(=O)Nc2ccc(N(C)C)nc2)n1. The highest BCUT2D eigenvalue weighted by atomic mass is 16.5. The number of aryl methyl sites for hydroxylation is 1. The van der Waals surface area contributed by atoms with Crippen LogP contribution in [-0.2, 0) is 0 Å². The molecule has 3 aromatic rings. The molecule has 0 atom stereocenters. The zero-order chi connectivity index (χ0) is 18.7. The normalized spacial score (nSPS) is 10.5. The maximum atomic E-state index is 12.4. The first-order valence-electron chi connectivity index (χ1n) is 8.13. The molecule has 7 heteroatoms. The Kier molecular flexibility index (Phi) is 4.88. The quantitative estimate of drug-likeness (QED) is 0.765. The lowest BCUT2D eigenvalue weighted by Gasteiger charge is -2.11. The van der Waals surface area contributed by atoms with Crippen molar-refractivity contribution < 1.29 is 9.53 Å². The molecule has 0 fully saturated rings. The second-order valence-electron chi connectivity index (χ2n) is 6.07. The van der Waals surface area contributed by atoms with Gasteiger partial charge in [-0.25, -0.2) is 9.67 Å². The van der Waals surface area contributed by atoms with Crippen LogP contribution in [0, 0.1) is 6.92 Å². The summed E-state index contributed by atoms with van der Waals surface area (Å²) in [6.07, 6.45) is 3.35. The third-order valence-electron chi connectivity index (χ3n) is 3.87. The van der Waals surface area contributed by atoms with Crippen LogP contribution in [0.1, 0.15) is 16.1 Å². The third-order valence-corrected chi connectivity index (χ3v) is 3.87. The number of methoxy groups -OCH3 is 1. The Morgan fingerprint density at radius 2 is 2.00 bits per heavy atom. The maximum Gasteiger partial charge on any atom is 0.276 e. The largest absolute Gasteiger partial charge is 0.494 e. The van der Waals surface area contributed by atoms with Gasteiger partial charge in [-0.2, -0.15) is 5.10 Å². The summed E-state index contributed by atoms with van der Waals surface area (Å²) in [5, 5.41) is 7.17. The zero-order valence-electron chi connectivity index (χ0n) is 15.2. The van der Waals surface area contributed by atoms with Gasteiger partial charge in [-0.05, 0) is 42.8 Å². The number of amides is 1. The molecule has 0 saturated heterocycles. The number of anilines is 2. The average Bonchev–Trinajstić information content (AvgIpc) is 3.12. The average molecular weight is 351 g/mol. The molecule has 3 rings (SSSR count). The van der Waals surface area contributed by atoms with E-state index >= 15 is 0 Å². The van der Waals surface area contributed by atoms with Crippen LogP contribution in [0.4, 0.5) is 11.5 Å². The molecule has 0 radical (unpaired) electrons. The Balaban J connectivity index is 1.79. The van der Waals surface area contributed by atoms with Gasteiger partial charge in [0.2, 0.25) is 0 Å². The van der Waals surface area contributed by atoms with Gasteiger partial charge in [0.15, 0.2) is 5.69 Å². The van der Waals surface area contributed by atoms with Crippen molar-refractivity contribution in [1.29, 1.82) is 0 Å². The number of benzene rings is 1. The number of aromatic nitrogens is 3. The third kappa shape index (κ3) is 3.66. The van der Waals surface area contributed by atoms with E-state index in [0.717, 1.165) is 17.1 Å². The standard InChI is InChI=1S/C19H21N5O2/c1-13-5-7-17(26-4)16(11-13)24-10-9-15(22-24)19(25)21-14-6-8-18(20-12-14)23(2)3/h5-12H,1-4H3,(H,21,25). The van der Waals surface area contributed by atoms with Gasteiger partial charge in [0.1, 0.15) is 17.3 Å². The van der Waals surface area contributed by atoms with Gasteiger partial charge in [0, 0.05) is 20.3 Å². The number of carbonyl (C=O) groups excluding carboxylic acids is 1. The first kappa shape index (κ1) is 17.5. The molecule has 0 unspecified atom stereocenters. The Morgan fingerprint density at radius 1 is 1.19 bits per heavy atom. The maximum absolute atomic E-state index is 12.4. The molecule has 26 heavy (non-hydrogen) atoms. The Labute approximate surface area is 152 Å². The molecule has 0 aliphatic rings. The highest BCUT2D eigenvalue weighted by Crippen LogP contribution is 2.23. The van der Waals surface area contributed by atoms with Crippen molar-refractivity contribution in [2.75, 3.05) is 31.4 Å². The molecular formula is C19H21N5O2. The van der Waals surface area contributed by atoms with Crippen LogP contribution >= 0.6 is 0 Å². The summed E-state index contributed by atoms with van der Waals surface area (Å²) in [7, 11) is 5.43. The number of ether oxygens (including phenoxy) is 1. The topological polar surface area (TPSA) is 72.3 Å². The van der Waals surface area contributed by atoms with E-state index in [1.165, 1.54) is 0 Å². The van der Waals surface area contributed by atoms with Crippen LogP contribution in [0.2, 0.25) is 0 Å². The van der Waals surface area contributed by atoms with Crippen LogP contribution in [0.15, 0.2) is 48.8 Å². The van der Waals surface area contributed by atoms with E-state index in [-0.39, 0.29) is 5.91 Å². The number of pyridine rings is 1. The van der Waals surface area contributed by atoms with E-state index in [9.17, 15) is 4.79 Å². The monoisotopic (exact) mass is 351 g/mol. The number of hydrogen-bond donors (Lipinski definition) is 1. The van der Waals surface area contributed by atoms with E-state index < -0.39 is 0 Å². The van der Waals surface area contributed by atoms with Crippen molar-refractivity contribution in [2.45, 2.75) is 6.92 Å². The van der Waals surface area contributed by atoms with E-state index in [1.807, 2.05) is 50.2 Å². The minimum absolute atomic E-state index is 0.297. The molecule has 0 bridgehead atoms. The van der Waals surface area contributed by atoms with Gasteiger partial charge in [0.25, 0.3) is 5.91 Å². The van der Waals surface area contributed by atoms with Crippen molar-refractivity contribution in [1.82, 2.24) is 14.8 Å². The fraction of sp³-hybridized carbons (Fsp3) is 0.211. The Hall–Kier alpha value is -3.35. The zero-order valence-corrected chi connectivity index (χ0v) is 15.2. The molecule has 1 amide bonds. The second kappa shape index (κ2) is 7.26. The summed E-state index contributed by atoms with van der Waals surface area (Å²) in [5.74, 6) is 1.21. The van der Waals surface area contributed by atoms with Crippen molar-refractivity contribution in [3.63, 3.8) is 0 Å². The fourth-order valence-corrected chi connectivity index (χ4v) is 2.48. The van der Waals surface area contributed by atoms with Gasteiger partial charge < -0.3 is 15.0 Å². The summed E-state index contributed by atoms with van der Waals surface area (Å²) in [5.41, 5.74) is 2.78. The van der Waals surface area contributed by atoms with Crippen LogP contribution < -0.4 is 15.0 Å². The van der Waals surface area contributed by atoms with Gasteiger partial charge in [0.05, 0.1) is 19.0 Å². The Bertz CT molecular complexity index is 916. The number of rotatable bonds is 5. The minimum Gasteiger partial charge on any atom is -0.494 e. The number of carbonyl (C=O) groups is 1. The predicted octanol–water partition coefficient (Wildman–Crippen LogP) is 2.90. The molecule has 134 valence electrons. The molecule has 0 saturated carbocycles. The molecule has 1 N–H and O–H groups in total. The van der Waals surface area contributed by atoms with E-state index in [0.29, 0.717) is 17.1 Å². The molecule has 0 aliphatic carbocycles. The predicted molar refractivity (Wildman–Crippen MR) is 101 cm³/mol. The van der Waals surface area contributed by atoms with Gasteiger partial charge in [-0.3, -0.25) is 4.79 Å². The van der Waals surface area contributed by atoms with E-state index in [4.69, 9.17) is 4.74 Å². The minimum atomic E-state index is -0.297. The number of nitrogens with one attached hydrogen (secondary N) is 1. The smallest absolute Gasteiger partial charge is 0.276 e. The molecular weight excluding hydrogens is 330 g/mol. The lowest BCUT2D eigenvalue weighted by Crippen LogP contribution is -2.14. The van der Waals surface area contributed by atoms with Crippen molar-refractivity contribution in [3.05, 3.63) is 60.0 Å². The molecule has 0 spiro atoms. The van der Waals surface area contributed by atoms with Crippen LogP contribution in [0.5, 0.6) is 5.75 Å². The van der Waals surface area contributed by atoms with Crippen molar-refractivity contribution >= 4 is 17.4 Å².